The van der Waals surface area contributed by atoms with Crippen molar-refractivity contribution in [2.24, 2.45) is 0 Å². The van der Waals surface area contributed by atoms with Gasteiger partial charge < -0.3 is 14.3 Å². The summed E-state index contributed by atoms with van der Waals surface area (Å²) in [5.74, 6) is 0.382. The van der Waals surface area contributed by atoms with Crippen LogP contribution in [0.15, 0.2) is 41.3 Å². The number of halogens is 2. The molecule has 0 amide bonds. The number of rotatable bonds is 7. The number of hydrogen-bond donors (Lipinski definition) is 1. The topological polar surface area (TPSA) is 103 Å². The zero-order chi connectivity index (χ0) is 29.5. The van der Waals surface area contributed by atoms with Crippen LogP contribution in [0.25, 0.3) is 0 Å². The van der Waals surface area contributed by atoms with E-state index in [-0.39, 0.29) is 33.4 Å². The lowest BCUT2D eigenvalue weighted by Gasteiger charge is -2.39. The first kappa shape index (κ1) is 31.3. The molecule has 0 radical (unpaired) electrons. The van der Waals surface area contributed by atoms with Crippen LogP contribution in [0.3, 0.4) is 0 Å². The number of hydrogen-bond acceptors (Lipinski definition) is 7. The molecule has 0 saturated carbocycles. The van der Waals surface area contributed by atoms with Gasteiger partial charge in [0.2, 0.25) is 10.0 Å². The Bertz CT molecular complexity index is 1370. The predicted molar refractivity (Wildman–Crippen MR) is 159 cm³/mol. The second-order valence-corrected chi connectivity index (χ2v) is 19.6. The molecule has 0 spiro atoms. The number of ether oxygens (including phenoxy) is 1. The molecule has 2 saturated heterocycles. The van der Waals surface area contributed by atoms with Crippen molar-refractivity contribution >= 4 is 41.5 Å². The highest BCUT2D eigenvalue weighted by Crippen LogP contribution is 2.39. The van der Waals surface area contributed by atoms with Crippen LogP contribution < -0.4 is 4.74 Å². The Kier molecular flexibility index (Phi) is 9.30. The molecular weight excluding hydrogens is 589 g/mol. The number of nitriles is 1. The fraction of sp³-hybridized carbons (Fsp3) is 0.536. The van der Waals surface area contributed by atoms with Gasteiger partial charge in [0.1, 0.15) is 16.4 Å². The highest BCUT2D eigenvalue weighted by molar-refractivity contribution is 7.89. The fourth-order valence-electron chi connectivity index (χ4n) is 4.92. The first-order valence-corrected chi connectivity index (χ1v) is 18.5. The van der Waals surface area contributed by atoms with Gasteiger partial charge in [-0.2, -0.15) is 9.57 Å². The standard InChI is InChI=1S/C28H37Cl2N3O5SSi/c1-28(2,3)40(4,5)38-26-18-32(17-24(26)34)22-8-10-33(11-9-22)39(35,36)27-12-19(16-31)6-7-25(27)37-23-14-20(29)13-21(30)15-23/h6-7,12-15,22,24,26,34H,8-11,17-18H2,1-5H3/t24-,26-/m0/s1. The minimum atomic E-state index is -3.97. The molecule has 0 bridgehead atoms. The summed E-state index contributed by atoms with van der Waals surface area (Å²) in [5.41, 5.74) is 0.212. The lowest BCUT2D eigenvalue weighted by molar-refractivity contribution is 0.0643. The van der Waals surface area contributed by atoms with Gasteiger partial charge in [-0.15, -0.1) is 0 Å². The van der Waals surface area contributed by atoms with Gasteiger partial charge in [-0.25, -0.2) is 8.42 Å². The average Bonchev–Trinajstić information content (AvgIpc) is 3.22. The maximum Gasteiger partial charge on any atom is 0.246 e. The Morgan fingerprint density at radius 1 is 1.05 bits per heavy atom. The number of piperidine rings is 1. The first-order valence-electron chi connectivity index (χ1n) is 13.4. The van der Waals surface area contributed by atoms with Crippen molar-refractivity contribution in [3.8, 4) is 17.6 Å². The minimum absolute atomic E-state index is 0.0459. The number of nitrogens with zero attached hydrogens (tertiary/aromatic N) is 3. The molecule has 218 valence electrons. The van der Waals surface area contributed by atoms with Gasteiger partial charge in [0.05, 0.1) is 23.8 Å². The summed E-state index contributed by atoms with van der Waals surface area (Å²) < 4.78 is 41.5. The molecule has 4 rings (SSSR count). The van der Waals surface area contributed by atoms with Crippen LogP contribution >= 0.6 is 23.2 Å². The van der Waals surface area contributed by atoms with Gasteiger partial charge in [-0.1, -0.05) is 44.0 Å². The molecule has 0 aromatic heterocycles. The Labute approximate surface area is 248 Å². The van der Waals surface area contributed by atoms with Crippen LogP contribution in [0.4, 0.5) is 0 Å². The largest absolute Gasteiger partial charge is 0.456 e. The van der Waals surface area contributed by atoms with Crippen LogP contribution in [-0.4, -0.2) is 75.5 Å². The number of β-amino-alcohol motifs (C(OH)–C–C–N with tert-alkyl or cyclic N) is 1. The molecule has 2 aromatic rings. The molecule has 2 fully saturated rings. The molecular formula is C28H37Cl2N3O5SSi. The summed E-state index contributed by atoms with van der Waals surface area (Å²) in [6.07, 6.45) is 0.438. The lowest BCUT2D eigenvalue weighted by Crippen LogP contribution is -2.48. The fourth-order valence-corrected chi connectivity index (χ4v) is 8.38. The Morgan fingerprint density at radius 2 is 1.68 bits per heavy atom. The van der Waals surface area contributed by atoms with Crippen molar-refractivity contribution in [1.82, 2.24) is 9.21 Å². The van der Waals surface area contributed by atoms with E-state index in [2.05, 4.69) is 38.8 Å². The van der Waals surface area contributed by atoms with Crippen LogP contribution in [0.1, 0.15) is 39.2 Å². The van der Waals surface area contributed by atoms with E-state index < -0.39 is 24.4 Å². The zero-order valence-electron chi connectivity index (χ0n) is 23.5. The molecule has 2 aliphatic rings. The second kappa shape index (κ2) is 11.9. The summed E-state index contributed by atoms with van der Waals surface area (Å²) in [6.45, 7) is 12.7. The molecule has 2 aromatic carbocycles. The van der Waals surface area contributed by atoms with E-state index in [1.165, 1.54) is 22.5 Å². The highest BCUT2D eigenvalue weighted by atomic mass is 35.5. The number of aliphatic hydroxyl groups is 1. The zero-order valence-corrected chi connectivity index (χ0v) is 26.9. The van der Waals surface area contributed by atoms with Crippen LogP contribution in [0.5, 0.6) is 11.5 Å². The third-order valence-electron chi connectivity index (χ3n) is 8.21. The van der Waals surface area contributed by atoms with E-state index in [1.54, 1.807) is 18.2 Å². The minimum Gasteiger partial charge on any atom is -0.456 e. The SMILES string of the molecule is CC(C)(C)[Si](C)(C)O[C@H]1CN(C2CCN(S(=O)(=O)c3cc(C#N)ccc3Oc3cc(Cl)cc(Cl)c3)CC2)C[C@@H]1O. The smallest absolute Gasteiger partial charge is 0.246 e. The molecule has 2 atom stereocenters. The average molecular weight is 627 g/mol. The van der Waals surface area contributed by atoms with Crippen molar-refractivity contribution in [1.29, 1.82) is 5.26 Å². The summed E-state index contributed by atoms with van der Waals surface area (Å²) >= 11 is 12.2. The van der Waals surface area contributed by atoms with Crippen LogP contribution in [0, 0.1) is 11.3 Å². The molecule has 8 nitrogen and oxygen atoms in total. The number of benzene rings is 2. The third-order valence-corrected chi connectivity index (χ3v) is 15.1. The second-order valence-electron chi connectivity index (χ2n) is 12.1. The Balaban J connectivity index is 1.47. The van der Waals surface area contributed by atoms with E-state index in [0.717, 1.165) is 0 Å². The number of likely N-dealkylation sites (tertiary alicyclic amines) is 1. The summed E-state index contributed by atoms with van der Waals surface area (Å²) in [4.78, 5) is 2.15. The maximum atomic E-state index is 13.8. The number of sulfonamides is 1. The van der Waals surface area contributed by atoms with Crippen LogP contribution in [0.2, 0.25) is 28.2 Å². The highest BCUT2D eigenvalue weighted by Gasteiger charge is 2.45. The quantitative estimate of drug-likeness (QED) is 0.383. The normalized spacial score (nSPS) is 21.9. The van der Waals surface area contributed by atoms with E-state index >= 15 is 0 Å². The molecule has 2 aliphatic heterocycles. The van der Waals surface area contributed by atoms with Gasteiger partial charge in [0.15, 0.2) is 8.32 Å². The molecule has 0 aliphatic carbocycles. The molecule has 40 heavy (non-hydrogen) atoms. The van der Waals surface area contributed by atoms with Gasteiger partial charge in [-0.05, 0) is 67.4 Å². The van der Waals surface area contributed by atoms with Gasteiger partial charge in [-0.3, -0.25) is 4.90 Å². The van der Waals surface area contributed by atoms with Crippen molar-refractivity contribution < 1.29 is 22.7 Å². The van der Waals surface area contributed by atoms with Crippen molar-refractivity contribution in [2.75, 3.05) is 26.2 Å². The van der Waals surface area contributed by atoms with Gasteiger partial charge >= 0.3 is 0 Å². The molecule has 1 N–H and O–H groups in total. The van der Waals surface area contributed by atoms with Gasteiger partial charge in [0.25, 0.3) is 0 Å². The lowest BCUT2D eigenvalue weighted by atomic mass is 10.1. The van der Waals surface area contributed by atoms with Crippen molar-refractivity contribution in [3.63, 3.8) is 0 Å². The van der Waals surface area contributed by atoms with E-state index in [0.29, 0.717) is 54.8 Å². The summed E-state index contributed by atoms with van der Waals surface area (Å²) in [6, 6.07) is 11.1. The third kappa shape index (κ3) is 6.85. The molecule has 12 heteroatoms. The van der Waals surface area contributed by atoms with Crippen molar-refractivity contribution in [2.45, 2.75) is 74.9 Å². The van der Waals surface area contributed by atoms with Crippen LogP contribution in [-0.2, 0) is 14.4 Å². The van der Waals surface area contributed by atoms with E-state index in [4.69, 9.17) is 32.4 Å². The van der Waals surface area contributed by atoms with Gasteiger partial charge in [0, 0.05) is 42.3 Å². The number of aliphatic hydroxyl groups excluding tert-OH is 1. The summed E-state index contributed by atoms with van der Waals surface area (Å²) in [5, 5.41) is 21.0. The summed E-state index contributed by atoms with van der Waals surface area (Å²) in [7, 11) is -6.01. The predicted octanol–water partition coefficient (Wildman–Crippen LogP) is 5.88. The Morgan fingerprint density at radius 3 is 2.25 bits per heavy atom. The Hall–Kier alpha value is -1.68. The monoisotopic (exact) mass is 625 g/mol. The first-order chi connectivity index (χ1) is 18.6. The maximum absolute atomic E-state index is 13.8. The molecule has 0 unspecified atom stereocenters. The van der Waals surface area contributed by atoms with Crippen molar-refractivity contribution in [3.05, 3.63) is 52.0 Å². The van der Waals surface area contributed by atoms with E-state index in [9.17, 15) is 18.8 Å². The molecule has 2 heterocycles. The van der Waals surface area contributed by atoms with E-state index in [1.807, 2.05) is 6.07 Å².